The molecule has 104 valence electrons. The predicted molar refractivity (Wildman–Crippen MR) is 82.5 cm³/mol. The molecule has 1 aliphatic rings. The summed E-state index contributed by atoms with van der Waals surface area (Å²) < 4.78 is 1.89. The first-order chi connectivity index (χ1) is 9.55. The molecule has 0 fully saturated rings. The van der Waals surface area contributed by atoms with Crippen LogP contribution in [0.2, 0.25) is 0 Å². The molecule has 0 amide bonds. The van der Waals surface area contributed by atoms with Crippen molar-refractivity contribution in [2.45, 2.75) is 29.6 Å². The first kappa shape index (κ1) is 13.5. The topological polar surface area (TPSA) is 38.1 Å². The van der Waals surface area contributed by atoms with Crippen molar-refractivity contribution in [2.75, 3.05) is 0 Å². The van der Waals surface area contributed by atoms with Crippen molar-refractivity contribution in [1.82, 2.24) is 9.55 Å². The fourth-order valence-electron chi connectivity index (χ4n) is 2.83. The van der Waals surface area contributed by atoms with Crippen molar-refractivity contribution in [3.8, 4) is 0 Å². The van der Waals surface area contributed by atoms with Crippen molar-refractivity contribution in [1.29, 1.82) is 0 Å². The molecule has 1 aromatic heterocycles. The molecule has 3 rings (SSSR count). The molecule has 1 aliphatic heterocycles. The lowest BCUT2D eigenvalue weighted by atomic mass is 9.91. The number of aromatic nitrogens is 2. The number of hydrogen-bond donors (Lipinski definition) is 1. The highest BCUT2D eigenvalue weighted by Crippen LogP contribution is 2.51. The molecule has 20 heavy (non-hydrogen) atoms. The number of benzene rings is 1. The third-order valence-electron chi connectivity index (χ3n) is 3.82. The highest BCUT2D eigenvalue weighted by molar-refractivity contribution is 8.01. The van der Waals surface area contributed by atoms with Gasteiger partial charge in [0.15, 0.2) is 0 Å². The number of fused-ring (bicyclic) bond motifs is 1. The second-order valence-electron chi connectivity index (χ2n) is 5.25. The predicted octanol–water partition coefficient (Wildman–Crippen LogP) is 3.21. The van der Waals surface area contributed by atoms with E-state index < -0.39 is 5.60 Å². The van der Waals surface area contributed by atoms with Crippen LogP contribution in [0.25, 0.3) is 5.57 Å². The van der Waals surface area contributed by atoms with Gasteiger partial charge in [0, 0.05) is 24.3 Å². The van der Waals surface area contributed by atoms with E-state index in [1.807, 2.05) is 43.8 Å². The van der Waals surface area contributed by atoms with Gasteiger partial charge in [0.1, 0.15) is 11.4 Å². The van der Waals surface area contributed by atoms with Crippen molar-refractivity contribution in [3.63, 3.8) is 0 Å². The number of thioether (sulfide) groups is 1. The summed E-state index contributed by atoms with van der Waals surface area (Å²) in [6, 6.07) is 8.31. The van der Waals surface area contributed by atoms with E-state index in [0.717, 1.165) is 0 Å². The third-order valence-corrected chi connectivity index (χ3v) is 5.38. The van der Waals surface area contributed by atoms with Gasteiger partial charge in [-0.1, -0.05) is 24.3 Å². The van der Waals surface area contributed by atoms with Crippen LogP contribution in [0.5, 0.6) is 0 Å². The van der Waals surface area contributed by atoms with Gasteiger partial charge in [-0.15, -0.1) is 11.8 Å². The van der Waals surface area contributed by atoms with Gasteiger partial charge in [0.25, 0.3) is 0 Å². The second kappa shape index (κ2) is 4.79. The minimum atomic E-state index is -1.01. The largest absolute Gasteiger partial charge is 0.381 e. The van der Waals surface area contributed by atoms with Crippen LogP contribution in [0.3, 0.4) is 0 Å². The zero-order valence-corrected chi connectivity index (χ0v) is 12.7. The van der Waals surface area contributed by atoms with E-state index >= 15 is 0 Å². The third kappa shape index (κ3) is 1.91. The van der Waals surface area contributed by atoms with Crippen LogP contribution in [-0.4, -0.2) is 19.9 Å². The smallest absolute Gasteiger partial charge is 0.141 e. The van der Waals surface area contributed by atoms with E-state index in [-0.39, 0.29) is 5.25 Å². The number of aliphatic hydroxyl groups is 1. The molecular weight excluding hydrogens is 268 g/mol. The summed E-state index contributed by atoms with van der Waals surface area (Å²) in [6.07, 6.45) is 5.69. The molecule has 4 heteroatoms. The van der Waals surface area contributed by atoms with Crippen molar-refractivity contribution in [2.24, 2.45) is 7.05 Å². The van der Waals surface area contributed by atoms with Gasteiger partial charge in [-0.3, -0.25) is 0 Å². The van der Waals surface area contributed by atoms with Crippen LogP contribution in [-0.2, 0) is 12.6 Å². The monoisotopic (exact) mass is 286 g/mol. The molecule has 2 atom stereocenters. The Morgan fingerprint density at radius 1 is 1.40 bits per heavy atom. The quantitative estimate of drug-likeness (QED) is 0.921. The van der Waals surface area contributed by atoms with E-state index in [9.17, 15) is 5.11 Å². The van der Waals surface area contributed by atoms with E-state index in [1.54, 1.807) is 18.0 Å². The maximum atomic E-state index is 11.1. The van der Waals surface area contributed by atoms with Gasteiger partial charge in [-0.05, 0) is 31.1 Å². The maximum absolute atomic E-state index is 11.1. The van der Waals surface area contributed by atoms with Crippen LogP contribution in [0.1, 0.15) is 25.2 Å². The molecule has 0 saturated carbocycles. The Hall–Kier alpha value is -1.52. The molecule has 2 heterocycles. The van der Waals surface area contributed by atoms with Gasteiger partial charge < -0.3 is 9.67 Å². The lowest BCUT2D eigenvalue weighted by Gasteiger charge is -2.30. The summed E-state index contributed by atoms with van der Waals surface area (Å²) in [5.41, 5.74) is 1.39. The average Bonchev–Trinajstić information content (AvgIpc) is 3.02. The summed E-state index contributed by atoms with van der Waals surface area (Å²) >= 11 is 1.71. The van der Waals surface area contributed by atoms with Crippen molar-refractivity contribution in [3.05, 3.63) is 54.1 Å². The van der Waals surface area contributed by atoms with Crippen molar-refractivity contribution >= 4 is 17.3 Å². The summed E-state index contributed by atoms with van der Waals surface area (Å²) in [6.45, 7) is 3.88. The summed E-state index contributed by atoms with van der Waals surface area (Å²) in [5, 5.41) is 11.0. The Kier molecular flexibility index (Phi) is 3.22. The molecule has 0 spiro atoms. The zero-order chi connectivity index (χ0) is 14.3. The van der Waals surface area contributed by atoms with E-state index in [0.29, 0.717) is 5.82 Å². The fraction of sp³-hybridized carbons (Fsp3) is 0.312. The lowest BCUT2D eigenvalue weighted by Crippen LogP contribution is -2.36. The Bertz CT molecular complexity index is 673. The fourth-order valence-corrected chi connectivity index (χ4v) is 4.28. The molecular formula is C16H18N2OS. The van der Waals surface area contributed by atoms with Gasteiger partial charge in [0.2, 0.25) is 0 Å². The molecule has 0 aliphatic carbocycles. The van der Waals surface area contributed by atoms with E-state index in [2.05, 4.69) is 23.2 Å². The van der Waals surface area contributed by atoms with E-state index in [4.69, 9.17) is 0 Å². The average molecular weight is 286 g/mol. The highest BCUT2D eigenvalue weighted by Gasteiger charge is 2.43. The minimum Gasteiger partial charge on any atom is -0.381 e. The van der Waals surface area contributed by atoms with Crippen LogP contribution < -0.4 is 0 Å². The molecule has 0 bridgehead atoms. The Labute approximate surface area is 123 Å². The highest BCUT2D eigenvalue weighted by atomic mass is 32.2. The molecule has 1 N–H and O–H groups in total. The summed E-state index contributed by atoms with van der Waals surface area (Å²) in [7, 11) is 1.92. The SMILES string of the molecule is C/C=C1/c2ccccc2S[C@H]1[C@@](C)(O)c1nccn1C. The lowest BCUT2D eigenvalue weighted by molar-refractivity contribution is 0.0564. The Morgan fingerprint density at radius 3 is 2.80 bits per heavy atom. The van der Waals surface area contributed by atoms with Gasteiger partial charge in [-0.2, -0.15) is 0 Å². The molecule has 0 saturated heterocycles. The number of aryl methyl sites for hydroxylation is 1. The number of rotatable bonds is 2. The minimum absolute atomic E-state index is 0.0361. The van der Waals surface area contributed by atoms with E-state index in [1.165, 1.54) is 16.0 Å². The zero-order valence-electron chi connectivity index (χ0n) is 11.9. The second-order valence-corrected chi connectivity index (χ2v) is 6.39. The molecule has 0 unspecified atom stereocenters. The number of imidazole rings is 1. The summed E-state index contributed by atoms with van der Waals surface area (Å²) in [4.78, 5) is 5.56. The van der Waals surface area contributed by atoms with Crippen LogP contribution in [0.4, 0.5) is 0 Å². The first-order valence-corrected chi connectivity index (χ1v) is 7.56. The van der Waals surface area contributed by atoms with Gasteiger partial charge >= 0.3 is 0 Å². The van der Waals surface area contributed by atoms with Gasteiger partial charge in [-0.25, -0.2) is 4.98 Å². The normalized spacial score (nSPS) is 22.8. The van der Waals surface area contributed by atoms with Crippen LogP contribution in [0, 0.1) is 0 Å². The Balaban J connectivity index is 2.07. The molecule has 3 nitrogen and oxygen atoms in total. The number of nitrogens with zero attached hydrogens (tertiary/aromatic N) is 2. The summed E-state index contributed by atoms with van der Waals surface area (Å²) in [5.74, 6) is 0.696. The molecule has 2 aromatic rings. The van der Waals surface area contributed by atoms with Gasteiger partial charge in [0.05, 0.1) is 5.25 Å². The number of allylic oxidation sites excluding steroid dienone is 1. The standard InChI is InChI=1S/C16H18N2OS/c1-4-11-12-7-5-6-8-13(12)20-14(11)16(2,19)15-17-9-10-18(15)3/h4-10,14,19H,1-3H3/b11-4-/t14-,16-/m1/s1. The number of hydrogen-bond acceptors (Lipinski definition) is 3. The maximum Gasteiger partial charge on any atom is 0.141 e. The molecule has 0 radical (unpaired) electrons. The van der Waals surface area contributed by atoms with Crippen molar-refractivity contribution < 1.29 is 5.11 Å². The molecule has 1 aromatic carbocycles. The van der Waals surface area contributed by atoms with Crippen LogP contribution >= 0.6 is 11.8 Å². The van der Waals surface area contributed by atoms with Crippen LogP contribution in [0.15, 0.2) is 47.6 Å². The first-order valence-electron chi connectivity index (χ1n) is 6.68. The Morgan fingerprint density at radius 2 is 2.15 bits per heavy atom.